The minimum atomic E-state index is -0.222. The van der Waals surface area contributed by atoms with Crippen LogP contribution < -0.4 is 15.8 Å². The van der Waals surface area contributed by atoms with Crippen molar-refractivity contribution in [3.63, 3.8) is 0 Å². The van der Waals surface area contributed by atoms with Gasteiger partial charge in [-0.15, -0.1) is 0 Å². The average molecular weight is 412 g/mol. The molecule has 28 heavy (non-hydrogen) atoms. The Labute approximate surface area is 170 Å². The van der Waals surface area contributed by atoms with E-state index >= 15 is 0 Å². The summed E-state index contributed by atoms with van der Waals surface area (Å²) in [5.41, 5.74) is 5.57. The summed E-state index contributed by atoms with van der Waals surface area (Å²) < 4.78 is 2.62. The van der Waals surface area contributed by atoms with Gasteiger partial charge in [0.05, 0.1) is 11.4 Å². The van der Waals surface area contributed by atoms with Crippen LogP contribution in [0.3, 0.4) is 0 Å². The van der Waals surface area contributed by atoms with Gasteiger partial charge in [-0.1, -0.05) is 0 Å². The first kappa shape index (κ1) is 18.1. The summed E-state index contributed by atoms with van der Waals surface area (Å²) in [6, 6.07) is 14.3. The summed E-state index contributed by atoms with van der Waals surface area (Å²) in [6.45, 7) is 0.617. The van der Waals surface area contributed by atoms with Gasteiger partial charge in [-0.3, -0.25) is 34.8 Å². The molecule has 0 unspecified atom stereocenters. The van der Waals surface area contributed by atoms with Crippen molar-refractivity contribution < 1.29 is 9.59 Å². The Hall–Kier alpha value is -3.24. The second kappa shape index (κ2) is 7.41. The quantitative estimate of drug-likeness (QED) is 0.494. The van der Waals surface area contributed by atoms with Crippen molar-refractivity contribution in [2.45, 2.75) is 6.42 Å². The Morgan fingerprint density at radius 1 is 0.929 bits per heavy atom. The maximum Gasteiger partial charge on any atom is 0.255 e. The van der Waals surface area contributed by atoms with Gasteiger partial charge in [-0.25, -0.2) is 0 Å². The molecule has 8 nitrogen and oxygen atoms in total. The van der Waals surface area contributed by atoms with Crippen LogP contribution in [0.2, 0.25) is 0 Å². The lowest BCUT2D eigenvalue weighted by atomic mass is 10.2. The van der Waals surface area contributed by atoms with E-state index in [2.05, 4.69) is 20.9 Å². The van der Waals surface area contributed by atoms with E-state index in [-0.39, 0.29) is 11.8 Å². The fourth-order valence-corrected chi connectivity index (χ4v) is 3.46. The van der Waals surface area contributed by atoms with Gasteiger partial charge in [-0.2, -0.15) is 0 Å². The van der Waals surface area contributed by atoms with E-state index in [1.165, 1.54) is 0 Å². The number of H-pyrrole nitrogens is 2. The van der Waals surface area contributed by atoms with E-state index in [1.54, 1.807) is 46.0 Å². The summed E-state index contributed by atoms with van der Waals surface area (Å²) in [5, 5.41) is 10.2. The highest BCUT2D eigenvalue weighted by Gasteiger charge is 2.18. The van der Waals surface area contributed by atoms with Gasteiger partial charge in [0.1, 0.15) is 0 Å². The van der Waals surface area contributed by atoms with Gasteiger partial charge in [0.2, 0.25) is 5.91 Å². The molecular formula is C18H16N6O2S2. The molecule has 1 aliphatic heterocycles. The number of aromatic amines is 2. The number of hydrogen-bond acceptors (Lipinski definition) is 5. The van der Waals surface area contributed by atoms with E-state index in [0.29, 0.717) is 33.8 Å². The van der Waals surface area contributed by atoms with Crippen molar-refractivity contribution in [1.82, 2.24) is 20.2 Å². The Kier molecular flexibility index (Phi) is 4.80. The first-order valence-electron chi connectivity index (χ1n) is 8.50. The van der Waals surface area contributed by atoms with E-state index < -0.39 is 0 Å². The van der Waals surface area contributed by atoms with Crippen LogP contribution >= 0.6 is 24.4 Å². The highest BCUT2D eigenvalue weighted by molar-refractivity contribution is 7.72. The highest BCUT2D eigenvalue weighted by atomic mass is 32.1. The fraction of sp³-hybridized carbons (Fsp3) is 0.111. The van der Waals surface area contributed by atoms with Gasteiger partial charge >= 0.3 is 0 Å². The third-order valence-electron chi connectivity index (χ3n) is 4.33. The minimum absolute atomic E-state index is 0.00714. The van der Waals surface area contributed by atoms with Crippen molar-refractivity contribution in [3.8, 4) is 5.69 Å². The van der Waals surface area contributed by atoms with Crippen LogP contribution in [0.5, 0.6) is 0 Å². The monoisotopic (exact) mass is 412 g/mol. The number of carbonyl (C=O) groups excluding carboxylic acids is 2. The summed E-state index contributed by atoms with van der Waals surface area (Å²) in [6.07, 6.45) is 0.469. The van der Waals surface area contributed by atoms with Crippen molar-refractivity contribution in [3.05, 3.63) is 63.6 Å². The largest absolute Gasteiger partial charge is 0.322 e. The number of nitrogens with zero attached hydrogens (tertiary/aromatic N) is 2. The van der Waals surface area contributed by atoms with Crippen LogP contribution in [0, 0.1) is 9.54 Å². The molecule has 0 spiro atoms. The number of aromatic nitrogens is 3. The molecule has 142 valence electrons. The van der Waals surface area contributed by atoms with E-state index in [4.69, 9.17) is 24.4 Å². The molecule has 2 aromatic carbocycles. The van der Waals surface area contributed by atoms with Gasteiger partial charge in [0.25, 0.3) is 5.91 Å². The Morgan fingerprint density at radius 3 is 2.11 bits per heavy atom. The molecule has 0 aliphatic carbocycles. The Morgan fingerprint density at radius 2 is 1.54 bits per heavy atom. The standard InChI is InChI=1S/C18H16N6O2S2/c25-15-9-10-23(22-15)13-5-1-11(2-6-13)16(26)19-12-3-7-14(8-4-12)24-17(27)20-21-18(24)28/h1-8H,9-10H2,(H,19,26)(H,20,27)(H,21,28)(H,22,25). The van der Waals surface area contributed by atoms with Crippen LogP contribution in [0.4, 0.5) is 11.4 Å². The maximum absolute atomic E-state index is 12.5. The van der Waals surface area contributed by atoms with Crippen molar-refractivity contribution in [1.29, 1.82) is 0 Å². The van der Waals surface area contributed by atoms with Crippen molar-refractivity contribution >= 4 is 47.6 Å². The molecule has 4 N–H and O–H groups in total. The third kappa shape index (κ3) is 3.59. The first-order chi connectivity index (χ1) is 13.5. The zero-order chi connectivity index (χ0) is 19.7. The minimum Gasteiger partial charge on any atom is -0.322 e. The number of rotatable bonds is 4. The zero-order valence-corrected chi connectivity index (χ0v) is 16.2. The van der Waals surface area contributed by atoms with E-state index in [0.717, 1.165) is 11.4 Å². The van der Waals surface area contributed by atoms with Gasteiger partial charge in [0, 0.05) is 24.2 Å². The number of nitrogens with one attached hydrogen (secondary N) is 4. The second-order valence-corrected chi connectivity index (χ2v) is 6.95. The van der Waals surface area contributed by atoms with Crippen LogP contribution in [0.25, 0.3) is 5.69 Å². The molecule has 3 aromatic rings. The topological polar surface area (TPSA) is 97.9 Å². The molecule has 2 amide bonds. The number of benzene rings is 2. The number of carbonyl (C=O) groups is 2. The molecule has 1 fully saturated rings. The fourth-order valence-electron chi connectivity index (χ4n) is 2.90. The molecule has 0 radical (unpaired) electrons. The lowest BCUT2D eigenvalue weighted by Gasteiger charge is -2.17. The van der Waals surface area contributed by atoms with Crippen molar-refractivity contribution in [2.24, 2.45) is 0 Å². The molecule has 1 aromatic heterocycles. The number of hydrazine groups is 1. The van der Waals surface area contributed by atoms with Gasteiger partial charge in [0.15, 0.2) is 9.54 Å². The maximum atomic E-state index is 12.5. The summed E-state index contributed by atoms with van der Waals surface area (Å²) in [5.74, 6) is -0.229. The third-order valence-corrected chi connectivity index (χ3v) is 4.90. The Balaban J connectivity index is 1.45. The molecule has 1 saturated heterocycles. The van der Waals surface area contributed by atoms with Crippen LogP contribution in [-0.2, 0) is 4.79 Å². The summed E-state index contributed by atoms with van der Waals surface area (Å²) in [7, 11) is 0. The number of anilines is 2. The van der Waals surface area contributed by atoms with E-state index in [1.807, 2.05) is 12.1 Å². The summed E-state index contributed by atoms with van der Waals surface area (Å²) >= 11 is 10.4. The summed E-state index contributed by atoms with van der Waals surface area (Å²) in [4.78, 5) is 23.8. The smallest absolute Gasteiger partial charge is 0.255 e. The molecule has 0 atom stereocenters. The predicted molar refractivity (Wildman–Crippen MR) is 111 cm³/mol. The SMILES string of the molecule is O=C1CCN(c2ccc(C(=O)Nc3ccc(-n4c(=S)[nH][nH]c4=S)cc3)cc2)N1. The van der Waals surface area contributed by atoms with Crippen molar-refractivity contribution in [2.75, 3.05) is 16.9 Å². The zero-order valence-electron chi connectivity index (χ0n) is 14.6. The van der Waals surface area contributed by atoms with Gasteiger partial charge in [-0.05, 0) is 73.0 Å². The molecule has 0 saturated carbocycles. The molecule has 4 rings (SSSR count). The molecule has 0 bridgehead atoms. The number of hydrogen-bond donors (Lipinski definition) is 4. The normalized spacial score (nSPS) is 13.4. The van der Waals surface area contributed by atoms with Crippen LogP contribution in [0.15, 0.2) is 48.5 Å². The molecule has 2 heterocycles. The lowest BCUT2D eigenvalue weighted by Crippen LogP contribution is -2.32. The lowest BCUT2D eigenvalue weighted by molar-refractivity contribution is -0.119. The molecule has 10 heteroatoms. The molecular weight excluding hydrogens is 396 g/mol. The Bertz CT molecular complexity index is 1120. The first-order valence-corrected chi connectivity index (χ1v) is 9.31. The van der Waals surface area contributed by atoms with E-state index in [9.17, 15) is 9.59 Å². The average Bonchev–Trinajstić information content (AvgIpc) is 3.28. The van der Waals surface area contributed by atoms with Crippen LogP contribution in [0.1, 0.15) is 16.8 Å². The predicted octanol–water partition coefficient (Wildman–Crippen LogP) is 3.09. The second-order valence-electron chi connectivity index (χ2n) is 6.18. The molecule has 1 aliphatic rings. The van der Waals surface area contributed by atoms with Gasteiger partial charge < -0.3 is 5.32 Å². The number of amides is 2. The van der Waals surface area contributed by atoms with Crippen LogP contribution in [-0.4, -0.2) is 33.1 Å². The highest BCUT2D eigenvalue weighted by Crippen LogP contribution is 2.18.